The van der Waals surface area contributed by atoms with Gasteiger partial charge >= 0.3 is 0 Å². The molecule has 2 aliphatic carbocycles. The summed E-state index contributed by atoms with van der Waals surface area (Å²) in [5, 5.41) is 0. The summed E-state index contributed by atoms with van der Waals surface area (Å²) in [6.07, 6.45) is 10.0. The summed E-state index contributed by atoms with van der Waals surface area (Å²) < 4.78 is 0. The van der Waals surface area contributed by atoms with E-state index in [1.54, 1.807) is 5.57 Å². The molecular weight excluding hydrogens is 132 g/mol. The molecule has 0 unspecified atom stereocenters. The fourth-order valence-electron chi connectivity index (χ4n) is 2.05. The Bertz CT molecular complexity index is 226. The molecule has 0 radical (unpaired) electrons. The average Bonchev–Trinajstić information content (AvgIpc) is 2.70. The predicted molar refractivity (Wildman–Crippen MR) is 48.4 cm³/mol. The van der Waals surface area contributed by atoms with Crippen LogP contribution in [0.1, 0.15) is 39.5 Å². The molecule has 0 aromatic carbocycles. The van der Waals surface area contributed by atoms with Crippen LogP contribution in [-0.4, -0.2) is 0 Å². The van der Waals surface area contributed by atoms with E-state index in [-0.39, 0.29) is 0 Å². The summed E-state index contributed by atoms with van der Waals surface area (Å²) in [6.45, 7) is 4.67. The van der Waals surface area contributed by atoms with Crippen molar-refractivity contribution in [3.05, 3.63) is 23.3 Å². The largest absolute Gasteiger partial charge is 0.0840 e. The van der Waals surface area contributed by atoms with Gasteiger partial charge in [-0.05, 0) is 38.0 Å². The van der Waals surface area contributed by atoms with Gasteiger partial charge in [-0.25, -0.2) is 0 Å². The van der Waals surface area contributed by atoms with Crippen molar-refractivity contribution in [2.24, 2.45) is 5.41 Å². The van der Waals surface area contributed by atoms with Gasteiger partial charge in [-0.1, -0.05) is 30.2 Å². The van der Waals surface area contributed by atoms with Crippen LogP contribution in [0, 0.1) is 5.41 Å². The summed E-state index contributed by atoms with van der Waals surface area (Å²) >= 11 is 0. The number of rotatable bonds is 1. The van der Waals surface area contributed by atoms with Gasteiger partial charge in [0, 0.05) is 0 Å². The SMILES string of the molecule is CC1=C(C2(C)CC2)CCC=C1. The monoisotopic (exact) mass is 148 g/mol. The van der Waals surface area contributed by atoms with Crippen LogP contribution >= 0.6 is 0 Å². The Morgan fingerprint density at radius 2 is 2.09 bits per heavy atom. The lowest BCUT2D eigenvalue weighted by atomic mass is 9.87. The highest BCUT2D eigenvalue weighted by Crippen LogP contribution is 2.54. The van der Waals surface area contributed by atoms with Crippen LogP contribution in [0.4, 0.5) is 0 Å². The maximum Gasteiger partial charge on any atom is -0.0110 e. The molecule has 0 heterocycles. The molecule has 0 amide bonds. The summed E-state index contributed by atoms with van der Waals surface area (Å²) in [7, 11) is 0. The molecule has 60 valence electrons. The van der Waals surface area contributed by atoms with Gasteiger partial charge in [0.15, 0.2) is 0 Å². The predicted octanol–water partition coefficient (Wildman–Crippen LogP) is 3.45. The maximum absolute atomic E-state index is 2.41. The number of hydrogen-bond donors (Lipinski definition) is 0. The molecule has 0 aromatic rings. The molecule has 1 saturated carbocycles. The molecular formula is C11H16. The van der Waals surface area contributed by atoms with E-state index >= 15 is 0 Å². The minimum atomic E-state index is 0.620. The zero-order valence-electron chi connectivity index (χ0n) is 7.48. The minimum Gasteiger partial charge on any atom is -0.0840 e. The van der Waals surface area contributed by atoms with Gasteiger partial charge in [-0.2, -0.15) is 0 Å². The van der Waals surface area contributed by atoms with Crippen LogP contribution in [0.15, 0.2) is 23.3 Å². The molecule has 0 atom stereocenters. The summed E-state index contributed by atoms with van der Waals surface area (Å²) in [5.41, 5.74) is 3.89. The summed E-state index contributed by atoms with van der Waals surface area (Å²) in [5.74, 6) is 0. The summed E-state index contributed by atoms with van der Waals surface area (Å²) in [4.78, 5) is 0. The third kappa shape index (κ3) is 1.15. The second-order valence-electron chi connectivity index (χ2n) is 4.16. The normalized spacial score (nSPS) is 27.5. The maximum atomic E-state index is 2.41. The van der Waals surface area contributed by atoms with E-state index in [1.165, 1.54) is 31.3 Å². The Labute approximate surface area is 69.0 Å². The quantitative estimate of drug-likeness (QED) is 0.534. The van der Waals surface area contributed by atoms with Crippen molar-refractivity contribution >= 4 is 0 Å². The first-order valence-electron chi connectivity index (χ1n) is 4.59. The fraction of sp³-hybridized carbons (Fsp3) is 0.636. The molecule has 1 fully saturated rings. The van der Waals surface area contributed by atoms with Crippen molar-refractivity contribution in [1.82, 2.24) is 0 Å². The van der Waals surface area contributed by atoms with Gasteiger partial charge in [0.1, 0.15) is 0 Å². The molecule has 11 heavy (non-hydrogen) atoms. The highest BCUT2D eigenvalue weighted by atomic mass is 14.5. The smallest absolute Gasteiger partial charge is 0.0110 e. The fourth-order valence-corrected chi connectivity index (χ4v) is 2.05. The Kier molecular flexibility index (Phi) is 1.45. The van der Waals surface area contributed by atoms with Gasteiger partial charge in [-0.3, -0.25) is 0 Å². The molecule has 0 aromatic heterocycles. The number of hydrogen-bond acceptors (Lipinski definition) is 0. The highest BCUT2D eigenvalue weighted by Gasteiger charge is 2.41. The van der Waals surface area contributed by atoms with Crippen LogP contribution in [0.5, 0.6) is 0 Å². The second kappa shape index (κ2) is 2.23. The van der Waals surface area contributed by atoms with Crippen molar-refractivity contribution in [1.29, 1.82) is 0 Å². The van der Waals surface area contributed by atoms with Crippen molar-refractivity contribution in [3.63, 3.8) is 0 Å². The van der Waals surface area contributed by atoms with Crippen molar-refractivity contribution in [2.45, 2.75) is 39.5 Å². The molecule has 0 bridgehead atoms. The minimum absolute atomic E-state index is 0.620. The first-order valence-corrected chi connectivity index (χ1v) is 4.59. The molecule has 0 nitrogen and oxygen atoms in total. The van der Waals surface area contributed by atoms with Crippen LogP contribution < -0.4 is 0 Å². The van der Waals surface area contributed by atoms with Crippen LogP contribution in [0.2, 0.25) is 0 Å². The first-order chi connectivity index (χ1) is 5.22. The van der Waals surface area contributed by atoms with Crippen LogP contribution in [-0.2, 0) is 0 Å². The summed E-state index contributed by atoms with van der Waals surface area (Å²) in [6, 6.07) is 0. The van der Waals surface area contributed by atoms with Gasteiger partial charge in [0.2, 0.25) is 0 Å². The molecule has 2 aliphatic rings. The lowest BCUT2D eigenvalue weighted by Gasteiger charge is -2.19. The highest BCUT2D eigenvalue weighted by molar-refractivity contribution is 5.34. The second-order valence-corrected chi connectivity index (χ2v) is 4.16. The topological polar surface area (TPSA) is 0 Å². The molecule has 0 spiro atoms. The van der Waals surface area contributed by atoms with E-state index in [0.29, 0.717) is 5.41 Å². The van der Waals surface area contributed by atoms with Crippen LogP contribution in [0.25, 0.3) is 0 Å². The Morgan fingerprint density at radius 1 is 1.36 bits per heavy atom. The molecule has 0 N–H and O–H groups in total. The van der Waals surface area contributed by atoms with E-state index < -0.39 is 0 Å². The van der Waals surface area contributed by atoms with Crippen LogP contribution in [0.3, 0.4) is 0 Å². The van der Waals surface area contributed by atoms with Gasteiger partial charge in [0.25, 0.3) is 0 Å². The molecule has 0 aliphatic heterocycles. The van der Waals surface area contributed by atoms with E-state index in [2.05, 4.69) is 26.0 Å². The lowest BCUT2D eigenvalue weighted by molar-refractivity contribution is 0.634. The van der Waals surface area contributed by atoms with Crippen molar-refractivity contribution in [3.8, 4) is 0 Å². The third-order valence-corrected chi connectivity index (χ3v) is 3.13. The zero-order chi connectivity index (χ0) is 7.90. The molecule has 0 saturated heterocycles. The standard InChI is InChI=1S/C11H16/c1-9-5-3-4-6-10(9)11(2)7-8-11/h3,5H,4,6-8H2,1-2H3. The Balaban J connectivity index is 2.29. The van der Waals surface area contributed by atoms with E-state index in [1.807, 2.05) is 0 Å². The van der Waals surface area contributed by atoms with E-state index in [9.17, 15) is 0 Å². The lowest BCUT2D eigenvalue weighted by Crippen LogP contribution is -2.03. The average molecular weight is 148 g/mol. The number of allylic oxidation sites excluding steroid dienone is 4. The zero-order valence-corrected chi connectivity index (χ0v) is 7.48. The van der Waals surface area contributed by atoms with Crippen molar-refractivity contribution in [2.75, 3.05) is 0 Å². The van der Waals surface area contributed by atoms with Crippen molar-refractivity contribution < 1.29 is 0 Å². The van der Waals surface area contributed by atoms with Gasteiger partial charge in [0.05, 0.1) is 0 Å². The molecule has 2 rings (SSSR count). The van der Waals surface area contributed by atoms with Gasteiger partial charge < -0.3 is 0 Å². The van der Waals surface area contributed by atoms with E-state index in [0.717, 1.165) is 0 Å². The molecule has 0 heteroatoms. The first kappa shape index (κ1) is 7.15. The van der Waals surface area contributed by atoms with E-state index in [4.69, 9.17) is 0 Å². The van der Waals surface area contributed by atoms with Gasteiger partial charge in [-0.15, -0.1) is 0 Å². The Hall–Kier alpha value is -0.520. The third-order valence-electron chi connectivity index (χ3n) is 3.13. The Morgan fingerprint density at radius 3 is 2.64 bits per heavy atom.